The fraction of sp³-hybridized carbons (Fsp3) is 0.0385. The zero-order valence-corrected chi connectivity index (χ0v) is 19.7. The predicted molar refractivity (Wildman–Crippen MR) is 134 cm³/mol. The molecule has 0 aliphatic heterocycles. The van der Waals surface area contributed by atoms with Gasteiger partial charge in [-0.3, -0.25) is 0 Å². The number of benzene rings is 4. The predicted octanol–water partition coefficient (Wildman–Crippen LogP) is 7.68. The van der Waals surface area contributed by atoms with Gasteiger partial charge >= 0.3 is 8.25 Å². The number of H-pyrrole nitrogens is 1. The van der Waals surface area contributed by atoms with Crippen LogP contribution in [0, 0.1) is 6.92 Å². The molecule has 0 radical (unpaired) electrons. The molecule has 5 aromatic rings. The van der Waals surface area contributed by atoms with Gasteiger partial charge in [0.15, 0.2) is 5.75 Å². The van der Waals surface area contributed by atoms with Gasteiger partial charge in [0.25, 0.3) is 6.01 Å². The van der Waals surface area contributed by atoms with E-state index in [1.165, 1.54) is 0 Å². The van der Waals surface area contributed by atoms with Crippen LogP contribution in [0.15, 0.2) is 84.9 Å². The normalized spacial score (nSPS) is 11.4. The number of nitrogens with zero attached hydrogens (tertiary/aromatic N) is 1. The Balaban J connectivity index is 1.43. The van der Waals surface area contributed by atoms with Crippen LogP contribution in [0.2, 0.25) is 5.02 Å². The van der Waals surface area contributed by atoms with Gasteiger partial charge in [-0.05, 0) is 47.4 Å². The van der Waals surface area contributed by atoms with Crippen molar-refractivity contribution in [2.75, 3.05) is 0 Å². The molecule has 1 heterocycles. The van der Waals surface area contributed by atoms with Crippen LogP contribution in [0.4, 0.5) is 0 Å². The molecule has 0 spiro atoms. The van der Waals surface area contributed by atoms with E-state index in [2.05, 4.69) is 34.2 Å². The average Bonchev–Trinajstić information content (AvgIpc) is 3.22. The van der Waals surface area contributed by atoms with E-state index >= 15 is 0 Å². The molecule has 0 amide bonds. The molecule has 0 saturated heterocycles. The summed E-state index contributed by atoms with van der Waals surface area (Å²) in [5.41, 5.74) is 6.27. The molecule has 168 valence electrons. The number of aromatic nitrogens is 2. The first-order valence-corrected chi connectivity index (χ1v) is 11.9. The van der Waals surface area contributed by atoms with Gasteiger partial charge in [-0.2, -0.15) is 4.98 Å². The molecule has 5 rings (SSSR count). The Labute approximate surface area is 201 Å². The molecule has 0 fully saturated rings. The Hall–Kier alpha value is -3.70. The average molecular weight is 490 g/mol. The van der Waals surface area contributed by atoms with Gasteiger partial charge in [0.2, 0.25) is 0 Å². The molecular formula is C26H19ClN2O4P+. The highest BCUT2D eigenvalue weighted by Crippen LogP contribution is 2.35. The zero-order chi connectivity index (χ0) is 23.7. The summed E-state index contributed by atoms with van der Waals surface area (Å²) < 4.78 is 21.8. The summed E-state index contributed by atoms with van der Waals surface area (Å²) in [4.78, 5) is 16.7. The molecule has 0 aliphatic carbocycles. The lowest BCUT2D eigenvalue weighted by Crippen LogP contribution is -1.89. The molecule has 8 heteroatoms. The molecule has 0 bridgehead atoms. The summed E-state index contributed by atoms with van der Waals surface area (Å²) in [6.07, 6.45) is 0. The van der Waals surface area contributed by atoms with Crippen LogP contribution in [-0.2, 0) is 4.57 Å². The second-order valence-corrected chi connectivity index (χ2v) is 8.76. The molecule has 1 atom stereocenters. The fourth-order valence-electron chi connectivity index (χ4n) is 3.69. The number of aryl methyl sites for hydroxylation is 1. The summed E-state index contributed by atoms with van der Waals surface area (Å²) in [6, 6.07) is 27.4. The Kier molecular flexibility index (Phi) is 6.03. The summed E-state index contributed by atoms with van der Waals surface area (Å²) in [6.45, 7) is 1.77. The molecule has 34 heavy (non-hydrogen) atoms. The van der Waals surface area contributed by atoms with E-state index in [0.717, 1.165) is 27.8 Å². The van der Waals surface area contributed by atoms with Crippen molar-refractivity contribution in [1.29, 1.82) is 0 Å². The van der Waals surface area contributed by atoms with Gasteiger partial charge in [-0.1, -0.05) is 72.3 Å². The number of hydrogen-bond donors (Lipinski definition) is 2. The summed E-state index contributed by atoms with van der Waals surface area (Å²) in [5, 5.41) is 0.591. The molecule has 4 aromatic carbocycles. The fourth-order valence-corrected chi connectivity index (χ4v) is 4.33. The van der Waals surface area contributed by atoms with E-state index in [0.29, 0.717) is 21.9 Å². The van der Waals surface area contributed by atoms with Crippen LogP contribution in [0.5, 0.6) is 17.5 Å². The number of aromatic amines is 1. The number of hydrogen-bond acceptors (Lipinski definition) is 4. The zero-order valence-electron chi connectivity index (χ0n) is 18.0. The third-order valence-electron chi connectivity index (χ3n) is 5.40. The standard InChI is InChI=1S/C26H18ClN2O4P/c1-16-7-12-20(13-25(16)33-34(30)31)32-26-28-23-14-21(22(27)15-24(23)29-26)19-10-8-18(9-11-19)17-5-3-2-4-6-17/h2-15H,1H3,(H-,28,29,30,31)/p+1. The maximum Gasteiger partial charge on any atom is 0.747 e. The smallest absolute Gasteiger partial charge is 0.425 e. The maximum atomic E-state index is 11.0. The lowest BCUT2D eigenvalue weighted by atomic mass is 10.00. The highest BCUT2D eigenvalue weighted by molar-refractivity contribution is 7.32. The Morgan fingerprint density at radius 1 is 0.912 bits per heavy atom. The van der Waals surface area contributed by atoms with Crippen LogP contribution in [0.3, 0.4) is 0 Å². The number of nitrogens with one attached hydrogen (secondary N) is 1. The second-order valence-electron chi connectivity index (χ2n) is 7.69. The van der Waals surface area contributed by atoms with Crippen molar-refractivity contribution in [3.8, 4) is 39.8 Å². The van der Waals surface area contributed by atoms with E-state index in [1.807, 2.05) is 42.5 Å². The van der Waals surface area contributed by atoms with E-state index in [1.54, 1.807) is 25.1 Å². The van der Waals surface area contributed by atoms with Crippen LogP contribution in [0.1, 0.15) is 5.56 Å². The summed E-state index contributed by atoms with van der Waals surface area (Å²) >= 11 is 6.59. The van der Waals surface area contributed by atoms with Crippen molar-refractivity contribution >= 4 is 30.9 Å². The lowest BCUT2D eigenvalue weighted by Gasteiger charge is -2.07. The topological polar surface area (TPSA) is 84.4 Å². The van der Waals surface area contributed by atoms with Crippen molar-refractivity contribution in [2.24, 2.45) is 0 Å². The molecular weight excluding hydrogens is 471 g/mol. The Bertz CT molecular complexity index is 1500. The third-order valence-corrected chi connectivity index (χ3v) is 6.07. The van der Waals surface area contributed by atoms with Crippen LogP contribution in [0.25, 0.3) is 33.3 Å². The first-order valence-electron chi connectivity index (χ1n) is 10.4. The molecule has 0 aliphatic rings. The first-order chi connectivity index (χ1) is 16.5. The molecule has 6 nitrogen and oxygen atoms in total. The van der Waals surface area contributed by atoms with Crippen LogP contribution in [-0.4, -0.2) is 14.9 Å². The van der Waals surface area contributed by atoms with Crippen molar-refractivity contribution in [3.63, 3.8) is 0 Å². The minimum Gasteiger partial charge on any atom is -0.425 e. The number of rotatable bonds is 6. The van der Waals surface area contributed by atoms with Crippen molar-refractivity contribution in [2.45, 2.75) is 6.92 Å². The maximum absolute atomic E-state index is 11.0. The highest BCUT2D eigenvalue weighted by Gasteiger charge is 2.18. The quantitative estimate of drug-likeness (QED) is 0.239. The van der Waals surface area contributed by atoms with Crippen molar-refractivity contribution in [3.05, 3.63) is 95.5 Å². The SMILES string of the molecule is Cc1ccc(Oc2nc3cc(-c4ccc(-c5ccccc5)cc4)c(Cl)cc3[nH]2)cc1O[P+](=O)O. The number of ether oxygens (including phenoxy) is 1. The summed E-state index contributed by atoms with van der Waals surface area (Å²) in [5.74, 6) is 0.681. The number of imidazole rings is 1. The Morgan fingerprint density at radius 2 is 1.62 bits per heavy atom. The van der Waals surface area contributed by atoms with Crippen molar-refractivity contribution in [1.82, 2.24) is 9.97 Å². The van der Waals surface area contributed by atoms with Gasteiger partial charge in [0, 0.05) is 16.2 Å². The Morgan fingerprint density at radius 3 is 2.35 bits per heavy atom. The van der Waals surface area contributed by atoms with Crippen LogP contribution < -0.4 is 9.26 Å². The largest absolute Gasteiger partial charge is 0.747 e. The van der Waals surface area contributed by atoms with E-state index in [-0.39, 0.29) is 11.8 Å². The minimum absolute atomic E-state index is 0.265. The van der Waals surface area contributed by atoms with Crippen molar-refractivity contribution < 1.29 is 18.7 Å². The van der Waals surface area contributed by atoms with Crippen LogP contribution >= 0.6 is 19.9 Å². The monoisotopic (exact) mass is 489 g/mol. The summed E-state index contributed by atoms with van der Waals surface area (Å²) in [7, 11) is -2.77. The third kappa shape index (κ3) is 4.66. The van der Waals surface area contributed by atoms with Gasteiger partial charge in [0.1, 0.15) is 5.75 Å². The first kappa shape index (κ1) is 22.1. The lowest BCUT2D eigenvalue weighted by molar-refractivity contribution is 0.406. The van der Waals surface area contributed by atoms with E-state index < -0.39 is 8.25 Å². The number of fused-ring (bicyclic) bond motifs is 1. The van der Waals surface area contributed by atoms with Gasteiger partial charge in [-0.15, -0.1) is 4.89 Å². The minimum atomic E-state index is -2.77. The molecule has 1 unspecified atom stereocenters. The van der Waals surface area contributed by atoms with Gasteiger partial charge in [-0.25, -0.2) is 4.52 Å². The molecule has 2 N–H and O–H groups in total. The van der Waals surface area contributed by atoms with E-state index in [9.17, 15) is 4.57 Å². The number of halogens is 1. The second kappa shape index (κ2) is 9.27. The van der Waals surface area contributed by atoms with E-state index in [4.69, 9.17) is 25.8 Å². The highest BCUT2D eigenvalue weighted by atomic mass is 35.5. The van der Waals surface area contributed by atoms with Gasteiger partial charge < -0.3 is 9.72 Å². The molecule has 0 saturated carbocycles. The molecule has 1 aromatic heterocycles. The van der Waals surface area contributed by atoms with Gasteiger partial charge in [0.05, 0.1) is 16.1 Å².